The van der Waals surface area contributed by atoms with Crippen molar-refractivity contribution in [1.82, 2.24) is 4.90 Å². The van der Waals surface area contributed by atoms with Crippen LogP contribution in [0.3, 0.4) is 0 Å². The van der Waals surface area contributed by atoms with Crippen molar-refractivity contribution >= 4 is 17.9 Å². The minimum Gasteiger partial charge on any atom is -0.497 e. The maximum Gasteiger partial charge on any atom is 0.511 e. The summed E-state index contributed by atoms with van der Waals surface area (Å²) in [6.45, 7) is 1.29. The topological polar surface area (TPSA) is 59.0 Å². The Hall–Kier alpha value is -2.93. The monoisotopic (exact) mass is 429 g/mol. The number of allylic oxidation sites excluding steroid dienone is 1. The van der Waals surface area contributed by atoms with Gasteiger partial charge in [-0.05, 0) is 60.1 Å². The second kappa shape index (κ2) is 10.7. The largest absolute Gasteiger partial charge is 0.511 e. The molecule has 0 atom stereocenters. The molecule has 0 saturated heterocycles. The number of carbonyl (C=O) groups is 1. The number of hydrogen-bond donors (Lipinski definition) is 1. The Morgan fingerprint density at radius 1 is 1.13 bits per heavy atom. The number of thioether (sulfide) groups is 1. The smallest absolute Gasteiger partial charge is 0.497 e. The fourth-order valence-electron chi connectivity index (χ4n) is 3.12. The van der Waals surface area contributed by atoms with Crippen LogP contribution in [0.1, 0.15) is 17.5 Å². The average molecular weight is 430 g/mol. The number of hydrogen-bond acceptors (Lipinski definition) is 5. The van der Waals surface area contributed by atoms with E-state index in [9.17, 15) is 9.18 Å². The molecule has 5 nitrogen and oxygen atoms in total. The van der Waals surface area contributed by atoms with Gasteiger partial charge in [0.2, 0.25) is 0 Å². The van der Waals surface area contributed by atoms with E-state index in [4.69, 9.17) is 14.6 Å². The predicted molar refractivity (Wildman–Crippen MR) is 116 cm³/mol. The molecule has 158 valence electrons. The third-order valence-electron chi connectivity index (χ3n) is 4.58. The van der Waals surface area contributed by atoms with Crippen LogP contribution in [0, 0.1) is 5.82 Å². The highest BCUT2D eigenvalue weighted by Gasteiger charge is 2.20. The number of benzene rings is 2. The lowest BCUT2D eigenvalue weighted by molar-refractivity contribution is 0.119. The van der Waals surface area contributed by atoms with E-state index in [-0.39, 0.29) is 5.82 Å². The summed E-state index contributed by atoms with van der Waals surface area (Å²) in [7, 11) is 1.63. The first kappa shape index (κ1) is 21.8. The third kappa shape index (κ3) is 6.29. The van der Waals surface area contributed by atoms with Gasteiger partial charge >= 0.3 is 6.16 Å². The zero-order valence-corrected chi connectivity index (χ0v) is 17.5. The summed E-state index contributed by atoms with van der Waals surface area (Å²) in [4.78, 5) is 13.2. The molecule has 7 heteroatoms. The molecular weight excluding hydrogens is 405 g/mol. The van der Waals surface area contributed by atoms with Crippen LogP contribution in [0.4, 0.5) is 9.18 Å². The molecule has 2 aromatic rings. The molecule has 0 aliphatic carbocycles. The number of ether oxygens (including phenoxy) is 2. The van der Waals surface area contributed by atoms with Crippen molar-refractivity contribution in [3.8, 4) is 5.75 Å². The van der Waals surface area contributed by atoms with Crippen molar-refractivity contribution in [1.29, 1.82) is 0 Å². The van der Waals surface area contributed by atoms with E-state index in [0.717, 1.165) is 40.5 Å². The van der Waals surface area contributed by atoms with Crippen LogP contribution in [0.2, 0.25) is 0 Å². The summed E-state index contributed by atoms with van der Waals surface area (Å²) >= 11 is 1.57. The third-order valence-corrected chi connectivity index (χ3v) is 5.81. The number of carboxylic acid groups (broad SMARTS) is 1. The van der Waals surface area contributed by atoms with Gasteiger partial charge in [0, 0.05) is 13.1 Å². The minimum atomic E-state index is -1.33. The Morgan fingerprint density at radius 2 is 1.83 bits per heavy atom. The molecule has 0 radical (unpaired) electrons. The van der Waals surface area contributed by atoms with E-state index in [1.54, 1.807) is 37.1 Å². The van der Waals surface area contributed by atoms with Crippen LogP contribution in [-0.4, -0.2) is 35.6 Å². The molecule has 0 unspecified atom stereocenters. The van der Waals surface area contributed by atoms with Crippen molar-refractivity contribution in [2.75, 3.05) is 19.4 Å². The van der Waals surface area contributed by atoms with Crippen LogP contribution < -0.4 is 4.74 Å². The summed E-state index contributed by atoms with van der Waals surface area (Å²) in [6.07, 6.45) is 3.97. The Balaban J connectivity index is 1.66. The predicted octanol–water partition coefficient (Wildman–Crippen LogP) is 5.44. The molecule has 1 aliphatic heterocycles. The maximum absolute atomic E-state index is 13.0. The van der Waals surface area contributed by atoms with Gasteiger partial charge in [-0.2, -0.15) is 0 Å². The van der Waals surface area contributed by atoms with Crippen molar-refractivity contribution in [3.63, 3.8) is 0 Å². The van der Waals surface area contributed by atoms with Gasteiger partial charge < -0.3 is 19.5 Å². The van der Waals surface area contributed by atoms with Crippen LogP contribution in [-0.2, 0) is 17.7 Å². The van der Waals surface area contributed by atoms with E-state index in [2.05, 4.69) is 4.90 Å². The first-order valence-corrected chi connectivity index (χ1v) is 10.6. The Labute approximate surface area is 179 Å². The summed E-state index contributed by atoms with van der Waals surface area (Å²) in [5, 5.41) is 9.90. The molecule has 30 heavy (non-hydrogen) atoms. The van der Waals surface area contributed by atoms with Gasteiger partial charge in [0.15, 0.2) is 5.76 Å². The molecule has 0 amide bonds. The first-order chi connectivity index (χ1) is 14.5. The van der Waals surface area contributed by atoms with Gasteiger partial charge in [-0.1, -0.05) is 30.3 Å². The Morgan fingerprint density at radius 3 is 2.50 bits per heavy atom. The van der Waals surface area contributed by atoms with Crippen molar-refractivity contribution in [2.24, 2.45) is 0 Å². The van der Waals surface area contributed by atoms with E-state index >= 15 is 0 Å². The zero-order valence-electron chi connectivity index (χ0n) is 16.7. The number of aryl methyl sites for hydroxylation is 1. The lowest BCUT2D eigenvalue weighted by atomic mass is 10.1. The zero-order chi connectivity index (χ0) is 21.3. The molecule has 3 rings (SSSR count). The van der Waals surface area contributed by atoms with Gasteiger partial charge in [-0.3, -0.25) is 0 Å². The Bertz CT molecular complexity index is 910. The van der Waals surface area contributed by atoms with Crippen molar-refractivity contribution in [3.05, 3.63) is 88.4 Å². The minimum absolute atomic E-state index is 0.239. The highest BCUT2D eigenvalue weighted by atomic mass is 32.2. The number of methoxy groups -OCH3 is 1. The molecular formula is C23H24FNO4S. The lowest BCUT2D eigenvalue weighted by Gasteiger charge is -2.29. The first-order valence-electron chi connectivity index (χ1n) is 9.62. The summed E-state index contributed by atoms with van der Waals surface area (Å²) < 4.78 is 23.3. The Kier molecular flexibility index (Phi) is 7.79. The number of rotatable bonds is 9. The lowest BCUT2D eigenvalue weighted by Crippen LogP contribution is -2.26. The van der Waals surface area contributed by atoms with Gasteiger partial charge in [-0.15, -0.1) is 11.8 Å². The quantitative estimate of drug-likeness (QED) is 0.423. The summed E-state index contributed by atoms with van der Waals surface area (Å²) in [5.74, 6) is 1.68. The van der Waals surface area contributed by atoms with Gasteiger partial charge in [0.05, 0.1) is 7.11 Å². The molecule has 2 aromatic carbocycles. The van der Waals surface area contributed by atoms with Gasteiger partial charge in [0.1, 0.15) is 16.6 Å². The highest BCUT2D eigenvalue weighted by Crippen LogP contribution is 2.31. The van der Waals surface area contributed by atoms with Crippen LogP contribution in [0.25, 0.3) is 0 Å². The molecule has 0 bridgehead atoms. The fourth-order valence-corrected chi connectivity index (χ4v) is 4.17. The standard InChI is InChI=1S/C23H24FNO4S/c1-28-20-12-8-18(9-13-20)16-25-14-2-5-21(29-23(26)27)22(25)30-15-3-4-17-6-10-19(24)11-7-17/h2,5-13H,3-4,14-16H2,1H3,(H,26,27). The second-order valence-corrected chi connectivity index (χ2v) is 7.83. The van der Waals surface area contributed by atoms with Crippen molar-refractivity contribution in [2.45, 2.75) is 19.4 Å². The number of halogens is 1. The summed E-state index contributed by atoms with van der Waals surface area (Å²) in [6, 6.07) is 14.3. The SMILES string of the molecule is COc1ccc(CN2CC=CC(OC(=O)O)=C2SCCCc2ccc(F)cc2)cc1. The molecule has 0 saturated carbocycles. The van der Waals surface area contributed by atoms with Crippen LogP contribution >= 0.6 is 11.8 Å². The van der Waals surface area contributed by atoms with Gasteiger partial charge in [-0.25, -0.2) is 9.18 Å². The van der Waals surface area contributed by atoms with E-state index in [1.165, 1.54) is 12.1 Å². The average Bonchev–Trinajstić information content (AvgIpc) is 2.74. The number of nitrogens with zero attached hydrogens (tertiary/aromatic N) is 1. The molecule has 1 aliphatic rings. The molecule has 0 spiro atoms. The van der Waals surface area contributed by atoms with Crippen molar-refractivity contribution < 1.29 is 23.8 Å². The molecule has 0 fully saturated rings. The molecule has 0 aromatic heterocycles. The van der Waals surface area contributed by atoms with E-state index < -0.39 is 6.16 Å². The highest BCUT2D eigenvalue weighted by molar-refractivity contribution is 8.03. The normalized spacial score (nSPS) is 13.5. The van der Waals surface area contributed by atoms with E-state index in [0.29, 0.717) is 18.8 Å². The maximum atomic E-state index is 13.0. The van der Waals surface area contributed by atoms with E-state index in [1.807, 2.05) is 30.3 Å². The molecule has 1 heterocycles. The molecule has 1 N–H and O–H groups in total. The second-order valence-electron chi connectivity index (χ2n) is 6.75. The van der Waals surface area contributed by atoms with Crippen LogP contribution in [0.15, 0.2) is 71.5 Å². The summed E-state index contributed by atoms with van der Waals surface area (Å²) in [5.41, 5.74) is 2.16. The van der Waals surface area contributed by atoms with Crippen LogP contribution in [0.5, 0.6) is 5.75 Å². The van der Waals surface area contributed by atoms with Gasteiger partial charge in [0.25, 0.3) is 0 Å². The fraction of sp³-hybridized carbons (Fsp3) is 0.261.